The summed E-state index contributed by atoms with van der Waals surface area (Å²) in [4.78, 5) is 27.9. The molecule has 3 N–H and O–H groups in total. The smallest absolute Gasteiger partial charge is 0.305 e. The lowest BCUT2D eigenvalue weighted by molar-refractivity contribution is -0.140. The van der Waals surface area contributed by atoms with Gasteiger partial charge in [-0.2, -0.15) is 0 Å². The predicted octanol–water partition coefficient (Wildman–Crippen LogP) is 7.13. The molecule has 240 valence electrons. The van der Waals surface area contributed by atoms with E-state index in [1.807, 2.05) is 44.2 Å². The van der Waals surface area contributed by atoms with Crippen molar-refractivity contribution in [1.29, 1.82) is 0 Å². The Morgan fingerprint density at radius 2 is 1.68 bits per heavy atom. The van der Waals surface area contributed by atoms with Gasteiger partial charge in [0.15, 0.2) is 0 Å². The molecule has 8 bridgehead atoms. The van der Waals surface area contributed by atoms with Crippen molar-refractivity contribution in [2.75, 3.05) is 13.7 Å². The summed E-state index contributed by atoms with van der Waals surface area (Å²) in [6, 6.07) is 10.2. The molecule has 6 aliphatic rings. The summed E-state index contributed by atoms with van der Waals surface area (Å²) >= 11 is 0. The molecule has 5 heterocycles. The molecule has 1 aliphatic carbocycles. The summed E-state index contributed by atoms with van der Waals surface area (Å²) in [6.45, 7) is 10.3. The van der Waals surface area contributed by atoms with Gasteiger partial charge in [0.2, 0.25) is 0 Å². The Hall–Kier alpha value is -4.82. The van der Waals surface area contributed by atoms with E-state index in [0.29, 0.717) is 24.3 Å². The Morgan fingerprint density at radius 3 is 2.38 bits per heavy atom. The van der Waals surface area contributed by atoms with Gasteiger partial charge in [-0.25, -0.2) is 15.0 Å². The maximum Gasteiger partial charge on any atom is 0.305 e. The quantitative estimate of drug-likeness (QED) is 0.290. The van der Waals surface area contributed by atoms with Gasteiger partial charge in [0.25, 0.3) is 0 Å². The van der Waals surface area contributed by atoms with Crippen molar-refractivity contribution >= 4 is 28.7 Å². The molecule has 1 fully saturated rings. The molecule has 0 amide bonds. The lowest BCUT2D eigenvalue weighted by atomic mass is 9.83. The number of nitrogens with zero attached hydrogens (tertiary/aromatic N) is 3. The van der Waals surface area contributed by atoms with Crippen LogP contribution in [0.2, 0.25) is 0 Å². The Balaban J connectivity index is 1.55. The van der Waals surface area contributed by atoms with Gasteiger partial charge >= 0.3 is 5.97 Å². The molecule has 2 atom stereocenters. The van der Waals surface area contributed by atoms with Crippen LogP contribution in [0.5, 0.6) is 0 Å². The highest BCUT2D eigenvalue weighted by Gasteiger charge is 2.43. The van der Waals surface area contributed by atoms with Gasteiger partial charge in [0, 0.05) is 58.4 Å². The standard InChI is InChI=1S/C39H40N4O4/c1-7-24-19(2)28-16-31-27(18-44)21(4)36(42-31)35(23-11-9-8-10-12-23)37-20(3)25(13-14-33(46)47-6)38(43-37)26-15-32(45)34-22(5)29(41-39(26)34)17-30(24)40-28/h8-12,16-17,20,25,43-45H,7,13-15,18H2,1-6H3/t20-,25-/m0/s1. The van der Waals surface area contributed by atoms with Gasteiger partial charge in [0.1, 0.15) is 5.76 Å². The van der Waals surface area contributed by atoms with Gasteiger partial charge in [-0.05, 0) is 73.6 Å². The Labute approximate surface area is 275 Å². The molecular weight excluding hydrogens is 588 g/mol. The lowest BCUT2D eigenvalue weighted by Crippen LogP contribution is -2.16. The van der Waals surface area contributed by atoms with Gasteiger partial charge < -0.3 is 20.3 Å². The summed E-state index contributed by atoms with van der Waals surface area (Å²) < 4.78 is 5.05. The number of carbonyl (C=O) groups excluding carboxylic acids is 1. The van der Waals surface area contributed by atoms with Crippen molar-refractivity contribution in [3.8, 4) is 0 Å². The molecule has 0 aromatic heterocycles. The monoisotopic (exact) mass is 628 g/mol. The van der Waals surface area contributed by atoms with E-state index < -0.39 is 0 Å². The number of carbonyl (C=O) groups is 1. The van der Waals surface area contributed by atoms with Crippen LogP contribution in [0, 0.1) is 11.8 Å². The van der Waals surface area contributed by atoms with Crippen LogP contribution in [0.1, 0.15) is 65.9 Å². The highest BCUT2D eigenvalue weighted by molar-refractivity contribution is 6.34. The Morgan fingerprint density at radius 1 is 0.936 bits per heavy atom. The first-order valence-electron chi connectivity index (χ1n) is 16.4. The summed E-state index contributed by atoms with van der Waals surface area (Å²) in [5.74, 6) is -0.0532. The van der Waals surface area contributed by atoms with Crippen molar-refractivity contribution in [2.24, 2.45) is 26.8 Å². The minimum atomic E-state index is -0.258. The Kier molecular flexibility index (Phi) is 7.71. The number of benzene rings is 1. The maximum absolute atomic E-state index is 12.4. The summed E-state index contributed by atoms with van der Waals surface area (Å²) in [7, 11) is 1.42. The second-order valence-electron chi connectivity index (χ2n) is 12.9. The van der Waals surface area contributed by atoms with Gasteiger partial charge in [-0.1, -0.05) is 44.2 Å². The minimum absolute atomic E-state index is 0.0318. The van der Waals surface area contributed by atoms with E-state index in [9.17, 15) is 15.0 Å². The first kappa shape index (κ1) is 30.8. The van der Waals surface area contributed by atoms with E-state index in [4.69, 9.17) is 19.7 Å². The molecule has 8 heteroatoms. The molecule has 1 aromatic rings. The molecule has 0 saturated carbocycles. The number of allylic oxidation sites excluding steroid dienone is 11. The Bertz CT molecular complexity index is 1990. The fourth-order valence-corrected chi connectivity index (χ4v) is 7.79. The topological polar surface area (TPSA) is 116 Å². The molecule has 47 heavy (non-hydrogen) atoms. The minimum Gasteiger partial charge on any atom is -0.511 e. The first-order chi connectivity index (χ1) is 22.7. The van der Waals surface area contributed by atoms with E-state index in [2.05, 4.69) is 38.2 Å². The third-order valence-electron chi connectivity index (χ3n) is 10.4. The second kappa shape index (κ2) is 11.8. The van der Waals surface area contributed by atoms with Crippen LogP contribution >= 0.6 is 0 Å². The molecule has 0 spiro atoms. The van der Waals surface area contributed by atoms with Gasteiger partial charge in [-0.3, -0.25) is 4.79 Å². The zero-order valence-electron chi connectivity index (χ0n) is 27.8. The molecular formula is C39H40N4O4. The number of rotatable bonds is 6. The number of ether oxygens (including phenoxy) is 1. The molecule has 7 rings (SSSR count). The van der Waals surface area contributed by atoms with E-state index >= 15 is 0 Å². The summed E-state index contributed by atoms with van der Waals surface area (Å²) in [5, 5.41) is 25.9. The number of esters is 1. The van der Waals surface area contributed by atoms with Gasteiger partial charge in [0.05, 0.1) is 47.9 Å². The van der Waals surface area contributed by atoms with Crippen LogP contribution in [0.15, 0.2) is 131 Å². The zero-order valence-corrected chi connectivity index (χ0v) is 27.8. The van der Waals surface area contributed by atoms with Crippen LogP contribution in [0.4, 0.5) is 0 Å². The maximum atomic E-state index is 12.4. The number of aliphatic hydroxyl groups excluding tert-OH is 2. The van der Waals surface area contributed by atoms with E-state index in [1.54, 1.807) is 0 Å². The largest absolute Gasteiger partial charge is 0.511 e. The number of fused-ring (bicyclic) bond motifs is 5. The number of nitrogens with one attached hydrogen (secondary N) is 1. The molecule has 1 saturated heterocycles. The van der Waals surface area contributed by atoms with Gasteiger partial charge in [-0.15, -0.1) is 0 Å². The SMILES string of the molecule is CCC1=C(C)C2=NC1=CC1=C(C)C3=C(O)CC(=C4NC(=C(c5ccccc5)C5=NC(=C2)C(CO)=C5C)[C@@H](C)[C@@H]4CCC(=O)OC)C3=N1. The fourth-order valence-electron chi connectivity index (χ4n) is 7.79. The van der Waals surface area contributed by atoms with Crippen molar-refractivity contribution in [3.05, 3.63) is 121 Å². The van der Waals surface area contributed by atoms with Crippen molar-refractivity contribution in [3.63, 3.8) is 0 Å². The van der Waals surface area contributed by atoms with Crippen LogP contribution < -0.4 is 5.32 Å². The molecule has 0 radical (unpaired) electrons. The average molecular weight is 629 g/mol. The third-order valence-corrected chi connectivity index (χ3v) is 10.4. The highest BCUT2D eigenvalue weighted by Crippen LogP contribution is 2.48. The summed E-state index contributed by atoms with van der Waals surface area (Å²) in [5.41, 5.74) is 15.1. The zero-order chi connectivity index (χ0) is 33.1. The second-order valence-corrected chi connectivity index (χ2v) is 12.9. The first-order valence-corrected chi connectivity index (χ1v) is 16.4. The molecule has 0 unspecified atom stereocenters. The van der Waals surface area contributed by atoms with Crippen molar-refractivity contribution in [2.45, 2.75) is 60.3 Å². The fraction of sp³-hybridized carbons (Fsp3) is 0.333. The average Bonchev–Trinajstić information content (AvgIpc) is 3.83. The van der Waals surface area contributed by atoms with Crippen LogP contribution in [0.3, 0.4) is 0 Å². The number of aliphatic imine (C=N–C) groups is 3. The van der Waals surface area contributed by atoms with E-state index in [1.165, 1.54) is 7.11 Å². The number of aliphatic hydroxyl groups is 2. The van der Waals surface area contributed by atoms with Crippen molar-refractivity contribution < 1.29 is 19.7 Å². The normalized spacial score (nSPS) is 23.5. The highest BCUT2D eigenvalue weighted by atomic mass is 16.5. The van der Waals surface area contributed by atoms with Crippen LogP contribution in [-0.2, 0) is 9.53 Å². The number of methoxy groups -OCH3 is 1. The molecule has 1 aromatic carbocycles. The lowest BCUT2D eigenvalue weighted by Gasteiger charge is -2.19. The third kappa shape index (κ3) is 4.85. The van der Waals surface area contributed by atoms with Crippen LogP contribution in [0.25, 0.3) is 5.57 Å². The number of hydrogen-bond donors (Lipinski definition) is 3. The van der Waals surface area contributed by atoms with Crippen LogP contribution in [-0.4, -0.2) is 47.0 Å². The van der Waals surface area contributed by atoms with E-state index in [0.717, 1.165) is 96.5 Å². The molecule has 8 nitrogen and oxygen atoms in total. The van der Waals surface area contributed by atoms with Crippen molar-refractivity contribution in [1.82, 2.24) is 5.32 Å². The van der Waals surface area contributed by atoms with E-state index in [-0.39, 0.29) is 30.8 Å². The molecule has 5 aliphatic heterocycles. The summed E-state index contributed by atoms with van der Waals surface area (Å²) in [6.07, 6.45) is 6.00. The number of hydrogen-bond acceptors (Lipinski definition) is 8. The predicted molar refractivity (Wildman–Crippen MR) is 186 cm³/mol.